The fourth-order valence-electron chi connectivity index (χ4n) is 2.90. The van der Waals surface area contributed by atoms with Crippen LogP contribution in [-0.2, 0) is 4.74 Å². The van der Waals surface area contributed by atoms with Gasteiger partial charge in [-0.25, -0.2) is 14.8 Å². The van der Waals surface area contributed by atoms with Gasteiger partial charge in [-0.3, -0.25) is 0 Å². The van der Waals surface area contributed by atoms with Crippen LogP contribution in [0.5, 0.6) is 0 Å². The summed E-state index contributed by atoms with van der Waals surface area (Å²) in [5.41, 5.74) is 1.51. The average molecular weight is 339 g/mol. The summed E-state index contributed by atoms with van der Waals surface area (Å²) in [6.07, 6.45) is 3.48. The molecule has 0 amide bonds. The van der Waals surface area contributed by atoms with Gasteiger partial charge in [-0.2, -0.15) is 4.98 Å². The summed E-state index contributed by atoms with van der Waals surface area (Å²) in [5.74, 6) is 0.309. The Bertz CT molecular complexity index is 888. The Labute approximate surface area is 144 Å². The molecule has 1 fully saturated rings. The number of benzene rings is 1. The number of carbonyl (C=O) groups is 1. The number of methoxy groups -OCH3 is 1. The van der Waals surface area contributed by atoms with Gasteiger partial charge in [0.15, 0.2) is 5.58 Å². The highest BCUT2D eigenvalue weighted by Crippen LogP contribution is 2.26. The van der Waals surface area contributed by atoms with E-state index in [1.165, 1.54) is 7.11 Å². The van der Waals surface area contributed by atoms with Crippen LogP contribution in [0.1, 0.15) is 10.4 Å². The lowest BCUT2D eigenvalue weighted by Crippen LogP contribution is -2.47. The first kappa shape index (κ1) is 15.4. The van der Waals surface area contributed by atoms with Gasteiger partial charge in [0.1, 0.15) is 5.52 Å². The largest absolute Gasteiger partial charge is 0.465 e. The minimum atomic E-state index is -0.420. The summed E-state index contributed by atoms with van der Waals surface area (Å²) in [7, 11) is 1.35. The number of esters is 1. The van der Waals surface area contributed by atoms with Gasteiger partial charge in [-0.1, -0.05) is 6.07 Å². The van der Waals surface area contributed by atoms with Crippen molar-refractivity contribution in [3.8, 4) is 0 Å². The van der Waals surface area contributed by atoms with Gasteiger partial charge < -0.3 is 19.0 Å². The molecule has 0 saturated carbocycles. The quantitative estimate of drug-likeness (QED) is 0.667. The fraction of sp³-hybridized carbons (Fsp3) is 0.294. The Balaban J connectivity index is 1.54. The number of oxazole rings is 1. The molecular formula is C17H17N5O3. The van der Waals surface area contributed by atoms with Crippen molar-refractivity contribution in [1.82, 2.24) is 15.0 Å². The Morgan fingerprint density at radius 1 is 1.08 bits per heavy atom. The maximum absolute atomic E-state index is 11.9. The number of nitrogens with zero attached hydrogens (tertiary/aromatic N) is 5. The Morgan fingerprint density at radius 2 is 1.80 bits per heavy atom. The SMILES string of the molecule is COC(=O)c1cccc2oc(N3CCN(c4ncccn4)CC3)nc12. The number of hydrogen-bond acceptors (Lipinski definition) is 8. The van der Waals surface area contributed by atoms with Crippen molar-refractivity contribution < 1.29 is 13.9 Å². The summed E-state index contributed by atoms with van der Waals surface area (Å²) in [6.45, 7) is 3.01. The van der Waals surface area contributed by atoms with Crippen LogP contribution in [0.15, 0.2) is 41.1 Å². The average Bonchev–Trinajstić information content (AvgIpc) is 3.12. The van der Waals surface area contributed by atoms with Crippen LogP contribution in [0.25, 0.3) is 11.1 Å². The van der Waals surface area contributed by atoms with E-state index in [1.807, 2.05) is 0 Å². The first-order chi connectivity index (χ1) is 12.3. The van der Waals surface area contributed by atoms with Crippen LogP contribution >= 0.6 is 0 Å². The minimum absolute atomic E-state index is 0.409. The second-order valence-electron chi connectivity index (χ2n) is 5.66. The van der Waals surface area contributed by atoms with Crippen molar-refractivity contribution in [3.05, 3.63) is 42.2 Å². The number of carbonyl (C=O) groups excluding carboxylic acids is 1. The van der Waals surface area contributed by atoms with Gasteiger partial charge in [-0.05, 0) is 18.2 Å². The van der Waals surface area contributed by atoms with Gasteiger partial charge in [0.25, 0.3) is 6.01 Å². The first-order valence-corrected chi connectivity index (χ1v) is 8.01. The molecule has 3 aromatic rings. The molecule has 8 nitrogen and oxygen atoms in total. The van der Waals surface area contributed by atoms with E-state index in [1.54, 1.807) is 36.7 Å². The van der Waals surface area contributed by atoms with Crippen molar-refractivity contribution in [3.63, 3.8) is 0 Å². The van der Waals surface area contributed by atoms with E-state index in [4.69, 9.17) is 9.15 Å². The second kappa shape index (κ2) is 6.39. The predicted octanol–water partition coefficient (Wildman–Crippen LogP) is 1.73. The van der Waals surface area contributed by atoms with Gasteiger partial charge in [-0.15, -0.1) is 0 Å². The highest BCUT2D eigenvalue weighted by molar-refractivity contribution is 6.01. The fourth-order valence-corrected chi connectivity index (χ4v) is 2.90. The van der Waals surface area contributed by atoms with E-state index in [-0.39, 0.29) is 0 Å². The van der Waals surface area contributed by atoms with Gasteiger partial charge in [0.2, 0.25) is 5.95 Å². The molecule has 1 aromatic carbocycles. The summed E-state index contributed by atoms with van der Waals surface area (Å²) >= 11 is 0. The third-order valence-corrected chi connectivity index (χ3v) is 4.20. The van der Waals surface area contributed by atoms with Crippen LogP contribution in [0, 0.1) is 0 Å². The van der Waals surface area contributed by atoms with Crippen molar-refractivity contribution >= 4 is 29.0 Å². The number of hydrogen-bond donors (Lipinski definition) is 0. The maximum atomic E-state index is 11.9. The van der Waals surface area contributed by atoms with Crippen LogP contribution in [-0.4, -0.2) is 54.2 Å². The summed E-state index contributed by atoms with van der Waals surface area (Å²) in [5, 5.41) is 0. The summed E-state index contributed by atoms with van der Waals surface area (Å²) in [6, 6.07) is 7.56. The van der Waals surface area contributed by atoms with Gasteiger partial charge >= 0.3 is 5.97 Å². The lowest BCUT2D eigenvalue weighted by molar-refractivity contribution is 0.0602. The van der Waals surface area contributed by atoms with Crippen LogP contribution in [0.2, 0.25) is 0 Å². The number of piperazine rings is 1. The molecule has 8 heteroatoms. The molecule has 0 bridgehead atoms. The standard InChI is InChI=1S/C17H17N5O3/c1-24-15(23)12-4-2-5-13-14(12)20-17(25-13)22-10-8-21(9-11-22)16-18-6-3-7-19-16/h2-7H,8-11H2,1H3. The van der Waals surface area contributed by atoms with Crippen LogP contribution in [0.3, 0.4) is 0 Å². The smallest absolute Gasteiger partial charge is 0.340 e. The molecular weight excluding hydrogens is 322 g/mol. The normalized spacial score (nSPS) is 14.8. The van der Waals surface area contributed by atoms with Crippen molar-refractivity contribution in [1.29, 1.82) is 0 Å². The molecule has 4 rings (SSSR count). The maximum Gasteiger partial charge on any atom is 0.340 e. The van der Waals surface area contributed by atoms with Gasteiger partial charge in [0.05, 0.1) is 12.7 Å². The van der Waals surface area contributed by atoms with Crippen molar-refractivity contribution in [2.24, 2.45) is 0 Å². The Kier molecular flexibility index (Phi) is 3.93. The number of ether oxygens (including phenoxy) is 1. The molecule has 3 heterocycles. The van der Waals surface area contributed by atoms with Crippen molar-refractivity contribution in [2.75, 3.05) is 43.1 Å². The number of rotatable bonds is 3. The lowest BCUT2D eigenvalue weighted by atomic mass is 10.2. The zero-order valence-electron chi connectivity index (χ0n) is 13.8. The molecule has 0 atom stereocenters. The molecule has 0 aliphatic carbocycles. The van der Waals surface area contributed by atoms with Crippen molar-refractivity contribution in [2.45, 2.75) is 0 Å². The van der Waals surface area contributed by atoms with Crippen LogP contribution in [0.4, 0.5) is 12.0 Å². The molecule has 128 valence electrons. The predicted molar refractivity (Wildman–Crippen MR) is 91.8 cm³/mol. The molecule has 2 aromatic heterocycles. The highest BCUT2D eigenvalue weighted by atomic mass is 16.5. The zero-order chi connectivity index (χ0) is 17.2. The summed E-state index contributed by atoms with van der Waals surface area (Å²) in [4.78, 5) is 29.1. The summed E-state index contributed by atoms with van der Waals surface area (Å²) < 4.78 is 10.6. The van der Waals surface area contributed by atoms with Crippen LogP contribution < -0.4 is 9.80 Å². The first-order valence-electron chi connectivity index (χ1n) is 8.01. The molecule has 0 spiro atoms. The second-order valence-corrected chi connectivity index (χ2v) is 5.66. The number of fused-ring (bicyclic) bond motifs is 1. The van der Waals surface area contributed by atoms with E-state index in [2.05, 4.69) is 24.8 Å². The molecule has 25 heavy (non-hydrogen) atoms. The molecule has 1 aliphatic heterocycles. The van der Waals surface area contributed by atoms with E-state index in [9.17, 15) is 4.79 Å². The third kappa shape index (κ3) is 2.86. The van der Waals surface area contributed by atoms with Gasteiger partial charge in [0, 0.05) is 38.6 Å². The van der Waals surface area contributed by atoms with E-state index >= 15 is 0 Å². The number of aromatic nitrogens is 3. The van der Waals surface area contributed by atoms with E-state index in [0.717, 1.165) is 32.1 Å². The monoisotopic (exact) mass is 339 g/mol. The Hall–Kier alpha value is -3.16. The minimum Gasteiger partial charge on any atom is -0.465 e. The molecule has 1 aliphatic rings. The highest BCUT2D eigenvalue weighted by Gasteiger charge is 2.24. The lowest BCUT2D eigenvalue weighted by Gasteiger charge is -2.33. The Morgan fingerprint density at radius 3 is 2.52 bits per heavy atom. The number of anilines is 2. The molecule has 0 radical (unpaired) electrons. The topological polar surface area (TPSA) is 84.6 Å². The molecule has 0 unspecified atom stereocenters. The third-order valence-electron chi connectivity index (χ3n) is 4.20. The number of para-hydroxylation sites is 1. The van der Waals surface area contributed by atoms with E-state index in [0.29, 0.717) is 22.7 Å². The van der Waals surface area contributed by atoms with E-state index < -0.39 is 5.97 Å². The zero-order valence-corrected chi connectivity index (χ0v) is 13.8. The molecule has 0 N–H and O–H groups in total. The molecule has 1 saturated heterocycles.